The number of carbonyl (C=O) groups is 1. The van der Waals surface area contributed by atoms with Crippen LogP contribution < -0.4 is 4.74 Å². The van der Waals surface area contributed by atoms with Gasteiger partial charge in [0.25, 0.3) is 0 Å². The number of rotatable bonds is 25. The molecule has 282 valence electrons. The maximum Gasteiger partial charge on any atom is 0.330 e. The van der Waals surface area contributed by atoms with Crippen LogP contribution in [0.15, 0.2) is 84.5 Å². The zero-order valence-corrected chi connectivity index (χ0v) is 33.8. The number of ether oxygens (including phenoxy) is 6. The van der Waals surface area contributed by atoms with Crippen LogP contribution in [0.3, 0.4) is 0 Å². The van der Waals surface area contributed by atoms with Crippen molar-refractivity contribution in [3.63, 3.8) is 0 Å². The molecule has 0 aromatic heterocycles. The molecule has 0 radical (unpaired) electrons. The fourth-order valence-corrected chi connectivity index (χ4v) is 6.16. The molecule has 1 rings (SSSR count). The Morgan fingerprint density at radius 2 is 1.70 bits per heavy atom. The smallest absolute Gasteiger partial charge is 0.330 e. The molecular weight excluding hydrogens is 649 g/mol. The first-order valence-electron chi connectivity index (χ1n) is 17.8. The zero-order chi connectivity index (χ0) is 37.6. The molecule has 50 heavy (non-hydrogen) atoms. The highest BCUT2D eigenvalue weighted by molar-refractivity contribution is 6.74. The third kappa shape index (κ3) is 18.4. The van der Waals surface area contributed by atoms with Gasteiger partial charge in [0.05, 0.1) is 45.7 Å². The Morgan fingerprint density at radius 1 is 1.00 bits per heavy atom. The molecule has 0 saturated carbocycles. The third-order valence-corrected chi connectivity index (χ3v) is 13.3. The van der Waals surface area contributed by atoms with Crippen molar-refractivity contribution in [2.24, 2.45) is 5.92 Å². The summed E-state index contributed by atoms with van der Waals surface area (Å²) in [6.45, 7) is 25.4. The van der Waals surface area contributed by atoms with Gasteiger partial charge in [0, 0.05) is 13.2 Å². The Labute approximate surface area is 304 Å². The molecule has 4 atom stereocenters. The van der Waals surface area contributed by atoms with Gasteiger partial charge in [-0.3, -0.25) is 0 Å². The molecule has 0 bridgehead atoms. The van der Waals surface area contributed by atoms with Crippen molar-refractivity contribution in [1.29, 1.82) is 0 Å². The van der Waals surface area contributed by atoms with E-state index in [1.165, 1.54) is 11.6 Å². The van der Waals surface area contributed by atoms with Crippen LogP contribution in [-0.2, 0) is 39.5 Å². The van der Waals surface area contributed by atoms with Gasteiger partial charge < -0.3 is 32.8 Å². The summed E-state index contributed by atoms with van der Waals surface area (Å²) in [5, 5.41) is 0.0835. The van der Waals surface area contributed by atoms with Gasteiger partial charge in [-0.2, -0.15) is 0 Å². The van der Waals surface area contributed by atoms with Crippen LogP contribution in [0.1, 0.15) is 73.3 Å². The van der Waals surface area contributed by atoms with Gasteiger partial charge in [-0.25, -0.2) is 4.79 Å². The normalized spacial score (nSPS) is 15.7. The van der Waals surface area contributed by atoms with Crippen molar-refractivity contribution in [2.45, 2.75) is 111 Å². The molecule has 9 heteroatoms. The SMILES string of the molecule is C=C[C@H](OCc1ccc(OC)cc1)[C@H](CC/C=C/C=C(\C)C[C@@H](O[Si](C)(C)C(C)(C)C)[C@H](C)/C=C(C)/C=C/C(=O)OCC)OCOCCOC. The lowest BCUT2D eigenvalue weighted by atomic mass is 9.96. The van der Waals surface area contributed by atoms with Crippen molar-refractivity contribution < 1.29 is 37.6 Å². The minimum absolute atomic E-state index is 0.00132. The molecule has 0 aliphatic heterocycles. The van der Waals surface area contributed by atoms with E-state index in [0.717, 1.165) is 36.1 Å². The molecule has 0 spiro atoms. The summed E-state index contributed by atoms with van der Waals surface area (Å²) in [4.78, 5) is 11.8. The van der Waals surface area contributed by atoms with Crippen molar-refractivity contribution in [2.75, 3.05) is 40.8 Å². The van der Waals surface area contributed by atoms with Crippen LogP contribution in [0.5, 0.6) is 5.75 Å². The largest absolute Gasteiger partial charge is 0.497 e. The van der Waals surface area contributed by atoms with E-state index in [0.29, 0.717) is 26.4 Å². The lowest BCUT2D eigenvalue weighted by Crippen LogP contribution is -2.45. The van der Waals surface area contributed by atoms with Crippen LogP contribution in [-0.4, -0.2) is 73.4 Å². The predicted molar refractivity (Wildman–Crippen MR) is 207 cm³/mol. The first-order valence-corrected chi connectivity index (χ1v) is 20.7. The van der Waals surface area contributed by atoms with E-state index in [-0.39, 0.29) is 42.0 Å². The van der Waals surface area contributed by atoms with E-state index < -0.39 is 8.32 Å². The van der Waals surface area contributed by atoms with E-state index in [1.807, 2.05) is 37.3 Å². The number of methoxy groups -OCH3 is 2. The van der Waals surface area contributed by atoms with Gasteiger partial charge in [-0.05, 0) is 81.8 Å². The van der Waals surface area contributed by atoms with Crippen LogP contribution >= 0.6 is 0 Å². The molecule has 1 aromatic carbocycles. The maximum atomic E-state index is 11.8. The molecule has 0 aliphatic carbocycles. The summed E-state index contributed by atoms with van der Waals surface area (Å²) in [6, 6.07) is 7.82. The zero-order valence-electron chi connectivity index (χ0n) is 32.8. The minimum Gasteiger partial charge on any atom is -0.497 e. The molecule has 0 N–H and O–H groups in total. The number of carbonyl (C=O) groups excluding carboxylic acids is 1. The fraction of sp³-hybridized carbons (Fsp3) is 0.585. The first kappa shape index (κ1) is 45.2. The van der Waals surface area contributed by atoms with Crippen molar-refractivity contribution >= 4 is 14.3 Å². The number of allylic oxidation sites excluding steroid dienone is 5. The molecule has 0 unspecified atom stereocenters. The number of esters is 1. The molecule has 0 heterocycles. The van der Waals surface area contributed by atoms with Gasteiger partial charge in [0.2, 0.25) is 0 Å². The fourth-order valence-electron chi connectivity index (χ4n) is 4.75. The second-order valence-electron chi connectivity index (χ2n) is 14.1. The van der Waals surface area contributed by atoms with E-state index >= 15 is 0 Å². The molecule has 8 nitrogen and oxygen atoms in total. The van der Waals surface area contributed by atoms with Gasteiger partial charge >= 0.3 is 5.97 Å². The summed E-state index contributed by atoms with van der Waals surface area (Å²) >= 11 is 0. The van der Waals surface area contributed by atoms with Crippen LogP contribution in [0.25, 0.3) is 0 Å². The predicted octanol–water partition coefficient (Wildman–Crippen LogP) is 9.54. The van der Waals surface area contributed by atoms with Crippen molar-refractivity contribution in [3.8, 4) is 5.75 Å². The van der Waals surface area contributed by atoms with Gasteiger partial charge in [-0.15, -0.1) is 6.58 Å². The van der Waals surface area contributed by atoms with Gasteiger partial charge in [0.15, 0.2) is 8.32 Å². The number of benzene rings is 1. The summed E-state index contributed by atoms with van der Waals surface area (Å²) in [6.07, 6.45) is 15.5. The van der Waals surface area contributed by atoms with E-state index in [2.05, 4.69) is 78.6 Å². The average Bonchev–Trinajstić information content (AvgIpc) is 3.06. The van der Waals surface area contributed by atoms with Crippen molar-refractivity contribution in [3.05, 3.63) is 90.1 Å². The highest BCUT2D eigenvalue weighted by Crippen LogP contribution is 2.39. The standard InChI is InChI=1S/C41H66O8Si/c1-13-37(47-30-35-21-23-36(44-10)24-22-35)38(48-31-45-27-26-43-9)19-17-15-16-18-32(3)29-39(49-50(11,12)41(6,7)8)34(5)28-33(4)20-25-40(42)46-14-2/h13,15-16,18,20-25,28,34,37-39H,1,14,17,19,26-27,29-31H2,2-12H3/b16-15+,25-20+,32-18+,33-28+/t34-,37+,38+,39-/m1/s1. The average molecular weight is 715 g/mol. The molecule has 0 saturated heterocycles. The lowest BCUT2D eigenvalue weighted by molar-refractivity contribution is -0.137. The van der Waals surface area contributed by atoms with E-state index in [9.17, 15) is 4.79 Å². The highest BCUT2D eigenvalue weighted by Gasteiger charge is 2.40. The summed E-state index contributed by atoms with van der Waals surface area (Å²) < 4.78 is 40.3. The Morgan fingerprint density at radius 3 is 2.30 bits per heavy atom. The van der Waals surface area contributed by atoms with Gasteiger partial charge in [-0.1, -0.05) is 87.4 Å². The Kier molecular flexibility index (Phi) is 22.1. The summed E-state index contributed by atoms with van der Waals surface area (Å²) in [5.41, 5.74) is 3.27. The number of hydrogen-bond donors (Lipinski definition) is 0. The monoisotopic (exact) mass is 714 g/mol. The number of hydrogen-bond acceptors (Lipinski definition) is 8. The molecule has 0 aliphatic rings. The Bertz CT molecular complexity index is 1230. The van der Waals surface area contributed by atoms with Crippen LogP contribution in [0.2, 0.25) is 18.1 Å². The molecule has 1 aromatic rings. The second-order valence-corrected chi connectivity index (χ2v) is 18.8. The Hall–Kier alpha value is -2.79. The summed E-state index contributed by atoms with van der Waals surface area (Å²) in [7, 11) is 1.25. The molecule has 0 fully saturated rings. The summed E-state index contributed by atoms with van der Waals surface area (Å²) in [5.74, 6) is 0.614. The van der Waals surface area contributed by atoms with Crippen LogP contribution in [0, 0.1) is 5.92 Å². The molecular formula is C41H66O8Si. The topological polar surface area (TPSA) is 81.7 Å². The van der Waals surface area contributed by atoms with Crippen molar-refractivity contribution in [1.82, 2.24) is 0 Å². The molecule has 0 amide bonds. The van der Waals surface area contributed by atoms with E-state index in [4.69, 9.17) is 32.8 Å². The lowest BCUT2D eigenvalue weighted by Gasteiger charge is -2.41. The first-order chi connectivity index (χ1) is 23.7. The van der Waals surface area contributed by atoms with E-state index in [1.54, 1.807) is 27.2 Å². The maximum absolute atomic E-state index is 11.8. The quantitative estimate of drug-likeness (QED) is 0.0189. The van der Waals surface area contributed by atoms with Gasteiger partial charge in [0.1, 0.15) is 18.6 Å². The minimum atomic E-state index is -2.04. The Balaban J connectivity index is 3.00. The van der Waals surface area contributed by atoms with Crippen LogP contribution in [0.4, 0.5) is 0 Å². The highest BCUT2D eigenvalue weighted by atomic mass is 28.4. The third-order valence-electron chi connectivity index (χ3n) is 8.79. The second kappa shape index (κ2) is 24.4.